The fourth-order valence-electron chi connectivity index (χ4n) is 1.83. The fourth-order valence-corrected chi connectivity index (χ4v) is 1.83. The standard InChI is InChI=1S/C12H14N4O2/c1-3-11(17)15-6-7-16(12(18)8-15)10-4-5-13-9(2)14-10/h3-5H,1,6-8H2,2H3. The van der Waals surface area contributed by atoms with E-state index in [-0.39, 0.29) is 18.4 Å². The third-order valence-corrected chi connectivity index (χ3v) is 2.74. The van der Waals surface area contributed by atoms with Crippen LogP contribution in [0, 0.1) is 6.92 Å². The number of hydrogen-bond acceptors (Lipinski definition) is 4. The second-order valence-electron chi connectivity index (χ2n) is 3.97. The van der Waals surface area contributed by atoms with Gasteiger partial charge in [-0.3, -0.25) is 14.5 Å². The Balaban J connectivity index is 2.13. The lowest BCUT2D eigenvalue weighted by Crippen LogP contribution is -2.52. The van der Waals surface area contributed by atoms with Crippen LogP contribution in [0.25, 0.3) is 0 Å². The van der Waals surface area contributed by atoms with Gasteiger partial charge in [-0.15, -0.1) is 0 Å². The van der Waals surface area contributed by atoms with E-state index in [0.29, 0.717) is 24.7 Å². The van der Waals surface area contributed by atoms with Crippen molar-refractivity contribution < 1.29 is 9.59 Å². The number of aromatic nitrogens is 2. The van der Waals surface area contributed by atoms with Crippen LogP contribution in [0.2, 0.25) is 0 Å². The minimum atomic E-state index is -0.220. The number of hydrogen-bond donors (Lipinski definition) is 0. The Hall–Kier alpha value is -2.24. The van der Waals surface area contributed by atoms with E-state index in [1.807, 2.05) is 0 Å². The molecule has 0 aliphatic carbocycles. The third kappa shape index (κ3) is 2.37. The number of carbonyl (C=O) groups excluding carboxylic acids is 2. The smallest absolute Gasteiger partial charge is 0.247 e. The third-order valence-electron chi connectivity index (χ3n) is 2.74. The molecule has 1 saturated heterocycles. The molecule has 0 bridgehead atoms. The van der Waals surface area contributed by atoms with E-state index >= 15 is 0 Å². The van der Waals surface area contributed by atoms with Crippen LogP contribution in [-0.4, -0.2) is 46.3 Å². The van der Waals surface area contributed by atoms with Gasteiger partial charge in [-0.1, -0.05) is 6.58 Å². The van der Waals surface area contributed by atoms with Crippen molar-refractivity contribution in [2.45, 2.75) is 6.92 Å². The molecule has 6 nitrogen and oxygen atoms in total. The SMILES string of the molecule is C=CC(=O)N1CCN(c2ccnc(C)n2)C(=O)C1. The first kappa shape index (κ1) is 12.2. The molecule has 2 amide bonds. The summed E-state index contributed by atoms with van der Waals surface area (Å²) in [5, 5.41) is 0. The predicted octanol–water partition coefficient (Wildman–Crippen LogP) is 0.146. The van der Waals surface area contributed by atoms with Crippen LogP contribution < -0.4 is 4.90 Å². The van der Waals surface area contributed by atoms with Gasteiger partial charge in [0.2, 0.25) is 11.8 Å². The van der Waals surface area contributed by atoms with Crippen LogP contribution in [0.1, 0.15) is 5.82 Å². The zero-order chi connectivity index (χ0) is 13.1. The van der Waals surface area contributed by atoms with E-state index in [2.05, 4.69) is 16.5 Å². The molecule has 2 rings (SSSR count). The highest BCUT2D eigenvalue weighted by atomic mass is 16.2. The lowest BCUT2D eigenvalue weighted by Gasteiger charge is -2.33. The van der Waals surface area contributed by atoms with Crippen LogP contribution in [0.15, 0.2) is 24.9 Å². The largest absolute Gasteiger partial charge is 0.328 e. The fraction of sp³-hybridized carbons (Fsp3) is 0.333. The van der Waals surface area contributed by atoms with Gasteiger partial charge >= 0.3 is 0 Å². The van der Waals surface area contributed by atoms with Crippen molar-refractivity contribution in [2.75, 3.05) is 24.5 Å². The Morgan fingerprint density at radius 3 is 2.89 bits per heavy atom. The molecule has 0 aromatic carbocycles. The molecule has 0 radical (unpaired) electrons. The van der Waals surface area contributed by atoms with E-state index in [1.165, 1.54) is 11.0 Å². The Labute approximate surface area is 105 Å². The highest BCUT2D eigenvalue weighted by Crippen LogP contribution is 2.14. The van der Waals surface area contributed by atoms with E-state index in [1.54, 1.807) is 24.1 Å². The number of aryl methyl sites for hydroxylation is 1. The number of anilines is 1. The maximum Gasteiger partial charge on any atom is 0.247 e. The molecule has 1 aromatic rings. The van der Waals surface area contributed by atoms with Gasteiger partial charge in [0.05, 0.1) is 0 Å². The molecule has 0 N–H and O–H groups in total. The molecule has 6 heteroatoms. The van der Waals surface area contributed by atoms with Gasteiger partial charge in [0.1, 0.15) is 18.2 Å². The topological polar surface area (TPSA) is 66.4 Å². The molecule has 1 aromatic heterocycles. The summed E-state index contributed by atoms with van der Waals surface area (Å²) in [4.78, 5) is 34.6. The van der Waals surface area contributed by atoms with Crippen molar-refractivity contribution in [1.29, 1.82) is 0 Å². The van der Waals surface area contributed by atoms with Gasteiger partial charge in [0, 0.05) is 19.3 Å². The molecule has 2 heterocycles. The lowest BCUT2D eigenvalue weighted by molar-refractivity contribution is -0.133. The number of carbonyl (C=O) groups is 2. The summed E-state index contributed by atoms with van der Waals surface area (Å²) in [6, 6.07) is 1.69. The number of rotatable bonds is 2. The van der Waals surface area contributed by atoms with Gasteiger partial charge in [0.15, 0.2) is 0 Å². The van der Waals surface area contributed by atoms with E-state index in [9.17, 15) is 9.59 Å². The van der Waals surface area contributed by atoms with E-state index in [4.69, 9.17) is 0 Å². The molecule has 94 valence electrons. The quantitative estimate of drug-likeness (QED) is 0.696. The average Bonchev–Trinajstić information content (AvgIpc) is 2.37. The van der Waals surface area contributed by atoms with Gasteiger partial charge in [0.25, 0.3) is 0 Å². The summed E-state index contributed by atoms with van der Waals surface area (Å²) in [7, 11) is 0. The maximum absolute atomic E-state index is 12.0. The molecule has 0 saturated carbocycles. The number of nitrogens with zero attached hydrogens (tertiary/aromatic N) is 4. The van der Waals surface area contributed by atoms with E-state index < -0.39 is 0 Å². The Morgan fingerprint density at radius 2 is 2.28 bits per heavy atom. The van der Waals surface area contributed by atoms with Crippen LogP contribution in [0.4, 0.5) is 5.82 Å². The second-order valence-corrected chi connectivity index (χ2v) is 3.97. The molecular formula is C12H14N4O2. The van der Waals surface area contributed by atoms with Gasteiger partial charge in [-0.05, 0) is 19.1 Å². The first-order valence-corrected chi connectivity index (χ1v) is 5.63. The molecule has 1 aliphatic rings. The van der Waals surface area contributed by atoms with Crippen molar-refractivity contribution in [3.63, 3.8) is 0 Å². The molecule has 1 aliphatic heterocycles. The Bertz CT molecular complexity index is 501. The Kier molecular flexibility index (Phi) is 3.36. The summed E-state index contributed by atoms with van der Waals surface area (Å²) in [6.07, 6.45) is 2.84. The van der Waals surface area contributed by atoms with Gasteiger partial charge in [-0.25, -0.2) is 9.97 Å². The molecule has 1 fully saturated rings. The van der Waals surface area contributed by atoms with Crippen molar-refractivity contribution >= 4 is 17.6 Å². The molecule has 18 heavy (non-hydrogen) atoms. The summed E-state index contributed by atoms with van der Waals surface area (Å²) in [6.45, 7) is 6.17. The first-order chi connectivity index (χ1) is 8.61. The molecule has 0 atom stereocenters. The van der Waals surface area contributed by atoms with Gasteiger partial charge < -0.3 is 4.90 Å². The van der Waals surface area contributed by atoms with Crippen LogP contribution in [-0.2, 0) is 9.59 Å². The first-order valence-electron chi connectivity index (χ1n) is 5.63. The maximum atomic E-state index is 12.0. The summed E-state index contributed by atoms with van der Waals surface area (Å²) in [5.74, 6) is 0.833. The highest BCUT2D eigenvalue weighted by molar-refractivity contribution is 5.98. The zero-order valence-electron chi connectivity index (χ0n) is 10.2. The van der Waals surface area contributed by atoms with Crippen LogP contribution in [0.3, 0.4) is 0 Å². The number of amides is 2. The van der Waals surface area contributed by atoms with Crippen molar-refractivity contribution in [1.82, 2.24) is 14.9 Å². The summed E-state index contributed by atoms with van der Waals surface area (Å²) < 4.78 is 0. The Morgan fingerprint density at radius 1 is 1.50 bits per heavy atom. The lowest BCUT2D eigenvalue weighted by atomic mass is 10.3. The average molecular weight is 246 g/mol. The molecule has 0 spiro atoms. The minimum absolute atomic E-state index is 0.0634. The highest BCUT2D eigenvalue weighted by Gasteiger charge is 2.27. The number of piperazine rings is 1. The molecule has 0 unspecified atom stereocenters. The second kappa shape index (κ2) is 4.95. The van der Waals surface area contributed by atoms with Crippen molar-refractivity contribution in [3.8, 4) is 0 Å². The minimum Gasteiger partial charge on any atom is -0.328 e. The van der Waals surface area contributed by atoms with Gasteiger partial charge in [-0.2, -0.15) is 0 Å². The normalized spacial score (nSPS) is 15.7. The summed E-state index contributed by atoms with van der Waals surface area (Å²) in [5.41, 5.74) is 0. The zero-order valence-corrected chi connectivity index (χ0v) is 10.2. The van der Waals surface area contributed by atoms with Crippen molar-refractivity contribution in [3.05, 3.63) is 30.7 Å². The summed E-state index contributed by atoms with van der Waals surface area (Å²) >= 11 is 0. The predicted molar refractivity (Wildman–Crippen MR) is 65.9 cm³/mol. The van der Waals surface area contributed by atoms with Crippen LogP contribution >= 0.6 is 0 Å². The van der Waals surface area contributed by atoms with Crippen molar-refractivity contribution in [2.24, 2.45) is 0 Å². The monoisotopic (exact) mass is 246 g/mol. The van der Waals surface area contributed by atoms with Crippen LogP contribution in [0.5, 0.6) is 0 Å². The van der Waals surface area contributed by atoms with E-state index in [0.717, 1.165) is 0 Å². The molecular weight excluding hydrogens is 232 g/mol.